The van der Waals surface area contributed by atoms with E-state index in [-0.39, 0.29) is 6.42 Å². The van der Waals surface area contributed by atoms with Crippen LogP contribution in [0.5, 0.6) is 11.5 Å². The van der Waals surface area contributed by atoms with Crippen LogP contribution < -0.4 is 9.47 Å². The van der Waals surface area contributed by atoms with E-state index >= 15 is 0 Å². The summed E-state index contributed by atoms with van der Waals surface area (Å²) in [4.78, 5) is 11.6. The summed E-state index contributed by atoms with van der Waals surface area (Å²) in [5.41, 5.74) is 1.11. The molecule has 0 saturated carbocycles. The maximum Gasteiger partial charge on any atom is 0.311 e. The predicted molar refractivity (Wildman–Crippen MR) is 80.0 cm³/mol. The number of methoxy groups -OCH3 is 2. The summed E-state index contributed by atoms with van der Waals surface area (Å²) in [5.74, 6) is -1.16. The normalized spacial score (nSPS) is 11.8. The minimum Gasteiger partial charge on any atom is -0.497 e. The van der Waals surface area contributed by atoms with E-state index in [1.807, 2.05) is 0 Å². The van der Waals surface area contributed by atoms with E-state index in [9.17, 15) is 14.3 Å². The number of benzene rings is 2. The number of carbonyl (C=O) groups is 1. The minimum absolute atomic E-state index is 0.180. The lowest BCUT2D eigenvalue weighted by Crippen LogP contribution is -2.15. The number of carboxylic acid groups (broad SMARTS) is 1. The van der Waals surface area contributed by atoms with Gasteiger partial charge in [-0.25, -0.2) is 4.39 Å². The zero-order valence-electron chi connectivity index (χ0n) is 12.4. The van der Waals surface area contributed by atoms with Crippen molar-refractivity contribution < 1.29 is 23.8 Å². The number of ether oxygens (including phenoxy) is 2. The third-order valence-corrected chi connectivity index (χ3v) is 3.46. The Morgan fingerprint density at radius 2 is 1.95 bits per heavy atom. The van der Waals surface area contributed by atoms with Crippen molar-refractivity contribution in [2.24, 2.45) is 0 Å². The summed E-state index contributed by atoms with van der Waals surface area (Å²) in [6.07, 6.45) is 0.180. The van der Waals surface area contributed by atoms with Crippen molar-refractivity contribution in [1.29, 1.82) is 0 Å². The van der Waals surface area contributed by atoms with Gasteiger partial charge in [0.05, 0.1) is 20.1 Å². The molecule has 22 heavy (non-hydrogen) atoms. The van der Waals surface area contributed by atoms with Crippen molar-refractivity contribution >= 4 is 5.97 Å². The first-order valence-electron chi connectivity index (χ1n) is 6.74. The second kappa shape index (κ2) is 6.93. The maximum atomic E-state index is 13.4. The Morgan fingerprint density at radius 1 is 1.18 bits per heavy atom. The standard InChI is InChI=1S/C17H17FO4/c1-21-14-6-7-16(22-2)12(9-14)10-15(17(19)20)11-4-3-5-13(18)8-11/h3-9,15H,10H2,1-2H3,(H,19,20). The van der Waals surface area contributed by atoms with Crippen LogP contribution >= 0.6 is 0 Å². The second-order valence-electron chi connectivity index (χ2n) is 4.83. The average molecular weight is 304 g/mol. The summed E-state index contributed by atoms with van der Waals surface area (Å²) in [6.45, 7) is 0. The fraction of sp³-hybridized carbons (Fsp3) is 0.235. The number of aliphatic carboxylic acids is 1. The van der Waals surface area contributed by atoms with Crippen molar-refractivity contribution in [3.05, 3.63) is 59.4 Å². The molecule has 0 aliphatic carbocycles. The molecule has 1 N–H and O–H groups in total. The van der Waals surface area contributed by atoms with E-state index in [1.165, 1.54) is 32.4 Å². The SMILES string of the molecule is COc1ccc(OC)c(CC(C(=O)O)c2cccc(F)c2)c1. The first-order chi connectivity index (χ1) is 10.5. The highest BCUT2D eigenvalue weighted by molar-refractivity contribution is 5.76. The molecule has 0 radical (unpaired) electrons. The van der Waals surface area contributed by atoms with Crippen LogP contribution in [0.3, 0.4) is 0 Å². The van der Waals surface area contributed by atoms with E-state index in [0.29, 0.717) is 22.6 Å². The molecule has 2 aromatic carbocycles. The van der Waals surface area contributed by atoms with Crippen LogP contribution in [-0.4, -0.2) is 25.3 Å². The molecule has 0 fully saturated rings. The minimum atomic E-state index is -1.02. The number of rotatable bonds is 6. The molecule has 0 aliphatic heterocycles. The fourth-order valence-electron chi connectivity index (χ4n) is 2.33. The summed E-state index contributed by atoms with van der Waals surface area (Å²) in [7, 11) is 3.05. The first kappa shape index (κ1) is 15.8. The molecule has 5 heteroatoms. The van der Waals surface area contributed by atoms with E-state index in [4.69, 9.17) is 9.47 Å². The number of hydrogen-bond donors (Lipinski definition) is 1. The van der Waals surface area contributed by atoms with E-state index in [0.717, 1.165) is 0 Å². The lowest BCUT2D eigenvalue weighted by molar-refractivity contribution is -0.138. The van der Waals surface area contributed by atoms with Gasteiger partial charge in [-0.05, 0) is 47.9 Å². The van der Waals surface area contributed by atoms with Gasteiger partial charge in [0.25, 0.3) is 0 Å². The van der Waals surface area contributed by atoms with Gasteiger partial charge in [-0.3, -0.25) is 4.79 Å². The van der Waals surface area contributed by atoms with Crippen LogP contribution in [0.15, 0.2) is 42.5 Å². The monoisotopic (exact) mass is 304 g/mol. The Bertz CT molecular complexity index is 669. The topological polar surface area (TPSA) is 55.8 Å². The van der Waals surface area contributed by atoms with Gasteiger partial charge in [0, 0.05) is 0 Å². The Kier molecular flexibility index (Phi) is 4.99. The van der Waals surface area contributed by atoms with Crippen LogP contribution in [0.4, 0.5) is 4.39 Å². The summed E-state index contributed by atoms with van der Waals surface area (Å²) < 4.78 is 23.8. The molecule has 0 aromatic heterocycles. The van der Waals surface area contributed by atoms with Crippen LogP contribution in [0.25, 0.3) is 0 Å². The Morgan fingerprint density at radius 3 is 2.55 bits per heavy atom. The number of halogens is 1. The Labute approximate surface area is 128 Å². The molecule has 4 nitrogen and oxygen atoms in total. The summed E-state index contributed by atoms with van der Waals surface area (Å²) in [5, 5.41) is 9.47. The molecule has 1 atom stereocenters. The van der Waals surface area contributed by atoms with Crippen LogP contribution in [-0.2, 0) is 11.2 Å². The van der Waals surface area contributed by atoms with Crippen molar-refractivity contribution in [3.63, 3.8) is 0 Å². The third kappa shape index (κ3) is 3.55. The maximum absolute atomic E-state index is 13.4. The molecular weight excluding hydrogens is 287 g/mol. The largest absolute Gasteiger partial charge is 0.497 e. The smallest absolute Gasteiger partial charge is 0.311 e. The molecule has 0 spiro atoms. The van der Waals surface area contributed by atoms with Gasteiger partial charge in [-0.15, -0.1) is 0 Å². The van der Waals surface area contributed by atoms with Gasteiger partial charge in [0.1, 0.15) is 17.3 Å². The lowest BCUT2D eigenvalue weighted by atomic mass is 9.91. The van der Waals surface area contributed by atoms with E-state index in [1.54, 1.807) is 24.3 Å². The highest BCUT2D eigenvalue weighted by Gasteiger charge is 2.22. The second-order valence-corrected chi connectivity index (χ2v) is 4.83. The summed E-state index contributed by atoms with van der Waals surface area (Å²) >= 11 is 0. The molecule has 116 valence electrons. The molecular formula is C17H17FO4. The molecule has 1 unspecified atom stereocenters. The lowest BCUT2D eigenvalue weighted by Gasteiger charge is -2.16. The van der Waals surface area contributed by atoms with Gasteiger partial charge in [-0.1, -0.05) is 12.1 Å². The zero-order valence-corrected chi connectivity index (χ0v) is 12.4. The highest BCUT2D eigenvalue weighted by Crippen LogP contribution is 2.30. The molecule has 0 aliphatic rings. The van der Waals surface area contributed by atoms with Gasteiger partial charge in [0.2, 0.25) is 0 Å². The number of hydrogen-bond acceptors (Lipinski definition) is 3. The molecule has 2 aromatic rings. The average Bonchev–Trinajstić information content (AvgIpc) is 2.52. The molecule has 0 heterocycles. The zero-order chi connectivity index (χ0) is 16.1. The van der Waals surface area contributed by atoms with Crippen molar-refractivity contribution in [1.82, 2.24) is 0 Å². The molecule has 0 saturated heterocycles. The van der Waals surface area contributed by atoms with Gasteiger partial charge >= 0.3 is 5.97 Å². The van der Waals surface area contributed by atoms with E-state index in [2.05, 4.69) is 0 Å². The molecule has 0 amide bonds. The van der Waals surface area contributed by atoms with Crippen LogP contribution in [0.2, 0.25) is 0 Å². The Hall–Kier alpha value is -2.56. The van der Waals surface area contributed by atoms with E-state index < -0.39 is 17.7 Å². The van der Waals surface area contributed by atoms with Crippen molar-refractivity contribution in [2.45, 2.75) is 12.3 Å². The van der Waals surface area contributed by atoms with Crippen LogP contribution in [0.1, 0.15) is 17.0 Å². The van der Waals surface area contributed by atoms with Gasteiger partial charge < -0.3 is 14.6 Å². The first-order valence-corrected chi connectivity index (χ1v) is 6.74. The summed E-state index contributed by atoms with van der Waals surface area (Å²) in [6, 6.07) is 10.8. The van der Waals surface area contributed by atoms with Crippen molar-refractivity contribution in [2.75, 3.05) is 14.2 Å². The van der Waals surface area contributed by atoms with Crippen molar-refractivity contribution in [3.8, 4) is 11.5 Å². The van der Waals surface area contributed by atoms with Crippen LogP contribution in [0, 0.1) is 5.82 Å². The Balaban J connectivity index is 2.38. The highest BCUT2D eigenvalue weighted by atomic mass is 19.1. The quantitative estimate of drug-likeness (QED) is 0.890. The fourth-order valence-corrected chi connectivity index (χ4v) is 2.33. The molecule has 2 rings (SSSR count). The predicted octanol–water partition coefficient (Wildman–Crippen LogP) is 3.25. The van der Waals surface area contributed by atoms with Gasteiger partial charge in [-0.2, -0.15) is 0 Å². The third-order valence-electron chi connectivity index (χ3n) is 3.46. The number of carboxylic acids is 1. The molecule has 0 bridgehead atoms. The van der Waals surface area contributed by atoms with Gasteiger partial charge in [0.15, 0.2) is 0 Å².